The number of anilines is 2. The van der Waals surface area contributed by atoms with E-state index < -0.39 is 0 Å². The summed E-state index contributed by atoms with van der Waals surface area (Å²) in [5.41, 5.74) is 1.83. The topological polar surface area (TPSA) is 62.2 Å². The molecule has 6 heteroatoms. The monoisotopic (exact) mass is 313 g/mol. The highest BCUT2D eigenvalue weighted by Crippen LogP contribution is 2.26. The van der Waals surface area contributed by atoms with Crippen LogP contribution in [0.1, 0.15) is 31.4 Å². The lowest BCUT2D eigenvalue weighted by Gasteiger charge is -2.20. The summed E-state index contributed by atoms with van der Waals surface area (Å²) in [6.07, 6.45) is 8.09. The van der Waals surface area contributed by atoms with Crippen molar-refractivity contribution in [3.8, 4) is 0 Å². The molecule has 2 N–H and O–H groups in total. The fourth-order valence-electron chi connectivity index (χ4n) is 2.89. The van der Waals surface area contributed by atoms with Gasteiger partial charge in [-0.25, -0.2) is 9.78 Å². The summed E-state index contributed by atoms with van der Waals surface area (Å²) in [5, 5.41) is 5.90. The van der Waals surface area contributed by atoms with Crippen LogP contribution in [0.3, 0.4) is 0 Å². The second-order valence-electron chi connectivity index (χ2n) is 6.00. The minimum Gasteiger partial charge on any atom is -0.357 e. The first-order valence-electron chi connectivity index (χ1n) is 8.03. The summed E-state index contributed by atoms with van der Waals surface area (Å²) in [7, 11) is 1.97. The average Bonchev–Trinajstić information content (AvgIpc) is 3.19. The maximum absolute atomic E-state index is 12.3. The van der Waals surface area contributed by atoms with Crippen molar-refractivity contribution in [1.82, 2.24) is 14.9 Å². The van der Waals surface area contributed by atoms with Gasteiger partial charge in [-0.05, 0) is 43.5 Å². The van der Waals surface area contributed by atoms with Gasteiger partial charge in [-0.3, -0.25) is 0 Å². The van der Waals surface area contributed by atoms with Crippen LogP contribution in [-0.4, -0.2) is 28.7 Å². The zero-order valence-corrected chi connectivity index (χ0v) is 13.6. The number of pyridine rings is 1. The Hall–Kier alpha value is -2.50. The lowest BCUT2D eigenvalue weighted by Crippen LogP contribution is -2.32. The van der Waals surface area contributed by atoms with Gasteiger partial charge in [0.25, 0.3) is 0 Å². The number of hydrogen-bond acceptors (Lipinski definition) is 3. The molecule has 2 amide bonds. The first kappa shape index (κ1) is 15.4. The van der Waals surface area contributed by atoms with E-state index in [-0.39, 0.29) is 12.1 Å². The molecule has 0 bridgehead atoms. The number of urea groups is 1. The van der Waals surface area contributed by atoms with Crippen LogP contribution >= 0.6 is 0 Å². The van der Waals surface area contributed by atoms with Crippen molar-refractivity contribution in [3.63, 3.8) is 0 Å². The van der Waals surface area contributed by atoms with Gasteiger partial charge in [0.2, 0.25) is 0 Å². The van der Waals surface area contributed by atoms with Crippen LogP contribution in [0.4, 0.5) is 16.3 Å². The molecule has 0 aromatic carbocycles. The molecule has 1 aliphatic rings. The van der Waals surface area contributed by atoms with E-state index >= 15 is 0 Å². The van der Waals surface area contributed by atoms with Crippen molar-refractivity contribution in [1.29, 1.82) is 0 Å². The highest BCUT2D eigenvalue weighted by atomic mass is 16.2. The molecule has 1 aliphatic heterocycles. The van der Waals surface area contributed by atoms with E-state index in [2.05, 4.69) is 20.5 Å². The van der Waals surface area contributed by atoms with Crippen molar-refractivity contribution >= 4 is 17.5 Å². The second-order valence-corrected chi connectivity index (χ2v) is 6.00. The zero-order valence-electron chi connectivity index (χ0n) is 13.6. The summed E-state index contributed by atoms with van der Waals surface area (Å²) in [5.74, 6) is 0.854. The Morgan fingerprint density at radius 2 is 2.09 bits per heavy atom. The molecular weight excluding hydrogens is 290 g/mol. The fourth-order valence-corrected chi connectivity index (χ4v) is 2.89. The summed E-state index contributed by atoms with van der Waals surface area (Å²) in [6, 6.07) is 5.48. The molecule has 0 aliphatic carbocycles. The Morgan fingerprint density at radius 1 is 1.30 bits per heavy atom. The zero-order chi connectivity index (χ0) is 16.2. The highest BCUT2D eigenvalue weighted by molar-refractivity contribution is 5.92. The van der Waals surface area contributed by atoms with E-state index in [1.807, 2.05) is 49.1 Å². The maximum Gasteiger partial charge on any atom is 0.319 e. The van der Waals surface area contributed by atoms with Crippen LogP contribution in [0, 0.1) is 0 Å². The fraction of sp³-hybridized carbons (Fsp3) is 0.412. The molecule has 3 heterocycles. The van der Waals surface area contributed by atoms with Crippen LogP contribution in [0.5, 0.6) is 0 Å². The van der Waals surface area contributed by atoms with Gasteiger partial charge in [-0.1, -0.05) is 0 Å². The lowest BCUT2D eigenvalue weighted by molar-refractivity contribution is 0.249. The molecule has 3 rings (SSSR count). The number of hydrogen-bond donors (Lipinski definition) is 2. The molecule has 6 nitrogen and oxygen atoms in total. The van der Waals surface area contributed by atoms with Gasteiger partial charge in [-0.2, -0.15) is 0 Å². The molecule has 0 unspecified atom stereocenters. The third kappa shape index (κ3) is 3.64. The SMILES string of the molecule is C[C@@H](NC(=O)Nc1cccnc1N1CCCC1)c1ccn(C)c1. The smallest absolute Gasteiger partial charge is 0.319 e. The Balaban J connectivity index is 1.66. The Kier molecular flexibility index (Phi) is 4.50. The summed E-state index contributed by atoms with van der Waals surface area (Å²) < 4.78 is 1.97. The summed E-state index contributed by atoms with van der Waals surface area (Å²) >= 11 is 0. The minimum atomic E-state index is -0.213. The molecule has 1 atom stereocenters. The van der Waals surface area contributed by atoms with E-state index in [0.717, 1.165) is 30.2 Å². The molecule has 0 radical (unpaired) electrons. The lowest BCUT2D eigenvalue weighted by atomic mass is 10.2. The Morgan fingerprint density at radius 3 is 2.78 bits per heavy atom. The number of carbonyl (C=O) groups excluding carboxylic acids is 1. The van der Waals surface area contributed by atoms with Crippen LogP contribution in [0.15, 0.2) is 36.8 Å². The predicted molar refractivity (Wildman–Crippen MR) is 91.7 cm³/mol. The third-order valence-electron chi connectivity index (χ3n) is 4.14. The van der Waals surface area contributed by atoms with Crippen molar-refractivity contribution in [3.05, 3.63) is 42.4 Å². The molecule has 0 spiro atoms. The van der Waals surface area contributed by atoms with Crippen molar-refractivity contribution in [2.75, 3.05) is 23.3 Å². The van der Waals surface area contributed by atoms with Gasteiger partial charge in [0.15, 0.2) is 5.82 Å². The molecule has 2 aromatic rings. The molecular formula is C17H23N5O. The van der Waals surface area contributed by atoms with Crippen LogP contribution in [0.25, 0.3) is 0 Å². The number of nitrogens with zero attached hydrogens (tertiary/aromatic N) is 3. The second kappa shape index (κ2) is 6.73. The number of amides is 2. The van der Waals surface area contributed by atoms with Crippen LogP contribution in [-0.2, 0) is 7.05 Å². The van der Waals surface area contributed by atoms with Crippen molar-refractivity contribution in [2.24, 2.45) is 7.05 Å². The predicted octanol–water partition coefficient (Wildman–Crippen LogP) is 2.90. The Labute approximate surface area is 136 Å². The normalized spacial score (nSPS) is 15.5. The van der Waals surface area contributed by atoms with E-state index in [1.54, 1.807) is 6.20 Å². The van der Waals surface area contributed by atoms with Gasteiger partial charge >= 0.3 is 6.03 Å². The van der Waals surface area contributed by atoms with Gasteiger partial charge in [0, 0.05) is 38.7 Å². The number of carbonyl (C=O) groups is 1. The molecule has 1 fully saturated rings. The molecule has 122 valence electrons. The van der Waals surface area contributed by atoms with E-state index in [0.29, 0.717) is 0 Å². The van der Waals surface area contributed by atoms with Gasteiger partial charge in [0.05, 0.1) is 11.7 Å². The minimum absolute atomic E-state index is 0.0527. The van der Waals surface area contributed by atoms with E-state index in [9.17, 15) is 4.79 Å². The number of aromatic nitrogens is 2. The molecule has 23 heavy (non-hydrogen) atoms. The van der Waals surface area contributed by atoms with Crippen LogP contribution < -0.4 is 15.5 Å². The molecule has 2 aromatic heterocycles. The van der Waals surface area contributed by atoms with E-state index in [4.69, 9.17) is 0 Å². The van der Waals surface area contributed by atoms with Crippen molar-refractivity contribution in [2.45, 2.75) is 25.8 Å². The molecule has 0 saturated carbocycles. The standard InChI is InChI=1S/C17H23N5O/c1-13(14-7-11-21(2)12-14)19-17(23)20-15-6-5-8-18-16(15)22-9-3-4-10-22/h5-8,11-13H,3-4,9-10H2,1-2H3,(H2,19,20,23)/t13-/m1/s1. The number of rotatable bonds is 4. The van der Waals surface area contributed by atoms with Gasteiger partial charge < -0.3 is 20.1 Å². The first-order valence-corrected chi connectivity index (χ1v) is 8.03. The molecule has 1 saturated heterocycles. The third-order valence-corrected chi connectivity index (χ3v) is 4.14. The van der Waals surface area contributed by atoms with Crippen molar-refractivity contribution < 1.29 is 4.79 Å². The van der Waals surface area contributed by atoms with Gasteiger partial charge in [0.1, 0.15) is 0 Å². The van der Waals surface area contributed by atoms with E-state index in [1.165, 1.54) is 12.8 Å². The van der Waals surface area contributed by atoms with Gasteiger partial charge in [-0.15, -0.1) is 0 Å². The quantitative estimate of drug-likeness (QED) is 0.912. The number of nitrogens with one attached hydrogen (secondary N) is 2. The largest absolute Gasteiger partial charge is 0.357 e. The summed E-state index contributed by atoms with van der Waals surface area (Å²) in [6.45, 7) is 3.96. The highest BCUT2D eigenvalue weighted by Gasteiger charge is 2.18. The Bertz CT molecular complexity index is 675. The summed E-state index contributed by atoms with van der Waals surface area (Å²) in [4.78, 5) is 18.9. The van der Waals surface area contributed by atoms with Crippen LogP contribution in [0.2, 0.25) is 0 Å². The number of aryl methyl sites for hydroxylation is 1. The average molecular weight is 313 g/mol. The maximum atomic E-state index is 12.3. The first-order chi connectivity index (χ1) is 11.1.